The zero-order chi connectivity index (χ0) is 14.7. The van der Waals surface area contributed by atoms with Crippen molar-refractivity contribution in [2.45, 2.75) is 26.3 Å². The van der Waals surface area contributed by atoms with Crippen LogP contribution in [0.1, 0.15) is 18.9 Å². The van der Waals surface area contributed by atoms with Gasteiger partial charge in [0.1, 0.15) is 6.04 Å². The van der Waals surface area contributed by atoms with Gasteiger partial charge in [-0.2, -0.15) is 5.26 Å². The van der Waals surface area contributed by atoms with Crippen LogP contribution in [0.25, 0.3) is 0 Å². The summed E-state index contributed by atoms with van der Waals surface area (Å²) in [6, 6.07) is 9.05. The van der Waals surface area contributed by atoms with Gasteiger partial charge in [0.15, 0.2) is 0 Å². The maximum Gasteiger partial charge on any atom is 0.227 e. The number of nitrogens with one attached hydrogen (secondary N) is 1. The summed E-state index contributed by atoms with van der Waals surface area (Å²) in [4.78, 5) is 25.6. The van der Waals surface area contributed by atoms with E-state index in [-0.39, 0.29) is 24.2 Å². The van der Waals surface area contributed by atoms with Gasteiger partial charge >= 0.3 is 0 Å². The Bertz CT molecular complexity index is 559. The van der Waals surface area contributed by atoms with E-state index in [1.54, 1.807) is 11.8 Å². The minimum Gasteiger partial charge on any atom is -0.340 e. The first-order valence-corrected chi connectivity index (χ1v) is 6.58. The predicted molar refractivity (Wildman–Crippen MR) is 74.9 cm³/mol. The van der Waals surface area contributed by atoms with E-state index in [9.17, 15) is 9.59 Å². The first-order valence-electron chi connectivity index (χ1n) is 6.58. The molecule has 20 heavy (non-hydrogen) atoms. The van der Waals surface area contributed by atoms with E-state index in [4.69, 9.17) is 5.26 Å². The van der Waals surface area contributed by atoms with Crippen LogP contribution in [0.2, 0.25) is 0 Å². The molecule has 0 radical (unpaired) electrons. The zero-order valence-electron chi connectivity index (χ0n) is 11.6. The van der Waals surface area contributed by atoms with E-state index < -0.39 is 6.04 Å². The number of benzene rings is 1. The highest BCUT2D eigenvalue weighted by molar-refractivity contribution is 6.00. The van der Waals surface area contributed by atoms with Crippen LogP contribution in [0.4, 0.5) is 5.69 Å². The average Bonchev–Trinajstić information content (AvgIpc) is 2.81. The third-order valence-corrected chi connectivity index (χ3v) is 3.39. The summed E-state index contributed by atoms with van der Waals surface area (Å²) < 4.78 is 0. The summed E-state index contributed by atoms with van der Waals surface area (Å²) in [6.07, 6.45) is 0.192. The molecular formula is C15H17N3O2. The van der Waals surface area contributed by atoms with Crippen LogP contribution in [0.5, 0.6) is 0 Å². The smallest absolute Gasteiger partial charge is 0.227 e. The summed E-state index contributed by atoms with van der Waals surface area (Å²) in [5, 5.41) is 11.3. The maximum atomic E-state index is 12.0. The number of nitrogens with zero attached hydrogens (tertiary/aromatic N) is 2. The average molecular weight is 271 g/mol. The number of rotatable bonds is 3. The van der Waals surface area contributed by atoms with E-state index in [2.05, 4.69) is 5.32 Å². The highest BCUT2D eigenvalue weighted by Gasteiger charge is 2.35. The van der Waals surface area contributed by atoms with Crippen LogP contribution in [-0.4, -0.2) is 24.4 Å². The Morgan fingerprint density at radius 2 is 2.10 bits per heavy atom. The SMILES string of the molecule is Cc1ccc(N2C[C@H](C(=O)N[C@H](C)C#N)CC2=O)cc1. The molecule has 1 aromatic rings. The van der Waals surface area contributed by atoms with Crippen molar-refractivity contribution in [1.29, 1.82) is 5.26 Å². The van der Waals surface area contributed by atoms with E-state index >= 15 is 0 Å². The second-order valence-electron chi connectivity index (χ2n) is 5.10. The number of amides is 2. The van der Waals surface area contributed by atoms with Crippen molar-refractivity contribution in [2.24, 2.45) is 5.92 Å². The van der Waals surface area contributed by atoms with Gasteiger partial charge in [-0.15, -0.1) is 0 Å². The molecule has 1 aromatic carbocycles. The molecular weight excluding hydrogens is 254 g/mol. The lowest BCUT2D eigenvalue weighted by atomic mass is 10.1. The number of hydrogen-bond acceptors (Lipinski definition) is 3. The van der Waals surface area contributed by atoms with E-state index in [0.29, 0.717) is 6.54 Å². The monoisotopic (exact) mass is 271 g/mol. The van der Waals surface area contributed by atoms with E-state index in [1.807, 2.05) is 37.3 Å². The van der Waals surface area contributed by atoms with Crippen molar-refractivity contribution in [3.63, 3.8) is 0 Å². The highest BCUT2D eigenvalue weighted by Crippen LogP contribution is 2.25. The number of anilines is 1. The summed E-state index contributed by atoms with van der Waals surface area (Å²) in [6.45, 7) is 3.97. The fraction of sp³-hybridized carbons (Fsp3) is 0.400. The molecule has 0 aromatic heterocycles. The fourth-order valence-corrected chi connectivity index (χ4v) is 2.22. The molecule has 1 fully saturated rings. The second-order valence-corrected chi connectivity index (χ2v) is 5.10. The molecule has 0 bridgehead atoms. The summed E-state index contributed by atoms with van der Waals surface area (Å²) in [5.74, 6) is -0.680. The molecule has 2 atom stereocenters. The number of nitriles is 1. The molecule has 5 heteroatoms. The molecule has 0 unspecified atom stereocenters. The standard InChI is InChI=1S/C15H17N3O2/c1-10-3-5-13(6-4-10)18-9-12(7-14(18)19)15(20)17-11(2)8-16/h3-6,11-12H,7,9H2,1-2H3,(H,17,20)/t11-,12-/m1/s1. The third-order valence-electron chi connectivity index (χ3n) is 3.39. The summed E-state index contributed by atoms with van der Waals surface area (Å²) in [5.41, 5.74) is 1.93. The predicted octanol–water partition coefficient (Wildman–Crippen LogP) is 1.38. The van der Waals surface area contributed by atoms with Crippen molar-refractivity contribution in [2.75, 3.05) is 11.4 Å². The fourth-order valence-electron chi connectivity index (χ4n) is 2.22. The van der Waals surface area contributed by atoms with Crippen molar-refractivity contribution < 1.29 is 9.59 Å². The Morgan fingerprint density at radius 1 is 1.45 bits per heavy atom. The summed E-state index contributed by atoms with van der Waals surface area (Å²) in [7, 11) is 0. The molecule has 1 aliphatic heterocycles. The van der Waals surface area contributed by atoms with Crippen molar-refractivity contribution >= 4 is 17.5 Å². The Hall–Kier alpha value is -2.35. The molecule has 2 rings (SSSR count). The number of carbonyl (C=O) groups excluding carboxylic acids is 2. The minimum absolute atomic E-state index is 0.0568. The first kappa shape index (κ1) is 14.1. The Morgan fingerprint density at radius 3 is 2.70 bits per heavy atom. The van der Waals surface area contributed by atoms with Crippen LogP contribution < -0.4 is 10.2 Å². The lowest BCUT2D eigenvalue weighted by Gasteiger charge is -2.17. The van der Waals surface area contributed by atoms with Gasteiger partial charge in [-0.3, -0.25) is 9.59 Å². The lowest BCUT2D eigenvalue weighted by molar-refractivity contribution is -0.126. The van der Waals surface area contributed by atoms with Gasteiger partial charge in [0.25, 0.3) is 0 Å². The topological polar surface area (TPSA) is 73.2 Å². The van der Waals surface area contributed by atoms with Crippen LogP contribution >= 0.6 is 0 Å². The maximum absolute atomic E-state index is 12.0. The molecule has 1 N–H and O–H groups in total. The molecule has 0 spiro atoms. The van der Waals surface area contributed by atoms with Crippen LogP contribution in [0, 0.1) is 24.2 Å². The van der Waals surface area contributed by atoms with Crippen molar-refractivity contribution in [3.8, 4) is 6.07 Å². The normalized spacial score (nSPS) is 19.6. The summed E-state index contributed by atoms with van der Waals surface area (Å²) >= 11 is 0. The molecule has 104 valence electrons. The number of hydrogen-bond donors (Lipinski definition) is 1. The number of aryl methyl sites for hydroxylation is 1. The van der Waals surface area contributed by atoms with Gasteiger partial charge in [-0.1, -0.05) is 17.7 Å². The Kier molecular flexibility index (Phi) is 4.04. The zero-order valence-corrected chi connectivity index (χ0v) is 11.6. The molecule has 0 saturated carbocycles. The molecule has 1 heterocycles. The number of carbonyl (C=O) groups is 2. The Labute approximate surface area is 118 Å². The first-order chi connectivity index (χ1) is 9.51. The van der Waals surface area contributed by atoms with E-state index in [1.165, 1.54) is 0 Å². The van der Waals surface area contributed by atoms with Gasteiger partial charge in [0.2, 0.25) is 11.8 Å². The van der Waals surface area contributed by atoms with Crippen LogP contribution in [-0.2, 0) is 9.59 Å². The van der Waals surface area contributed by atoms with Crippen LogP contribution in [0.15, 0.2) is 24.3 Å². The van der Waals surface area contributed by atoms with Crippen molar-refractivity contribution in [1.82, 2.24) is 5.32 Å². The highest BCUT2D eigenvalue weighted by atomic mass is 16.2. The van der Waals surface area contributed by atoms with Crippen molar-refractivity contribution in [3.05, 3.63) is 29.8 Å². The van der Waals surface area contributed by atoms with Crippen LogP contribution in [0.3, 0.4) is 0 Å². The van der Waals surface area contributed by atoms with Gasteiger partial charge in [0, 0.05) is 18.7 Å². The minimum atomic E-state index is -0.536. The molecule has 1 saturated heterocycles. The van der Waals surface area contributed by atoms with Gasteiger partial charge in [0.05, 0.1) is 12.0 Å². The van der Waals surface area contributed by atoms with Gasteiger partial charge < -0.3 is 10.2 Å². The van der Waals surface area contributed by atoms with Gasteiger partial charge in [-0.05, 0) is 26.0 Å². The molecule has 1 aliphatic rings. The molecule has 0 aliphatic carbocycles. The Balaban J connectivity index is 2.06. The van der Waals surface area contributed by atoms with Gasteiger partial charge in [-0.25, -0.2) is 0 Å². The molecule has 5 nitrogen and oxygen atoms in total. The third kappa shape index (κ3) is 2.97. The largest absolute Gasteiger partial charge is 0.340 e. The van der Waals surface area contributed by atoms with E-state index in [0.717, 1.165) is 11.3 Å². The quantitative estimate of drug-likeness (QED) is 0.902. The second kappa shape index (κ2) is 5.74. The lowest BCUT2D eigenvalue weighted by Crippen LogP contribution is -2.37. The molecule has 2 amide bonds.